The summed E-state index contributed by atoms with van der Waals surface area (Å²) in [6.45, 7) is 8.62. The Morgan fingerprint density at radius 2 is 1.98 bits per heavy atom. The number of amides is 1. The fraction of sp³-hybridized carbons (Fsp3) is 0.214. The second-order valence-electron chi connectivity index (χ2n) is 9.56. The van der Waals surface area contributed by atoms with Gasteiger partial charge in [0, 0.05) is 23.5 Å². The van der Waals surface area contributed by atoms with Gasteiger partial charge in [0.25, 0.3) is 5.69 Å². The second-order valence-corrected chi connectivity index (χ2v) is 11.0. The van der Waals surface area contributed by atoms with Gasteiger partial charge in [-0.3, -0.25) is 30.6 Å². The van der Waals surface area contributed by atoms with Crippen molar-refractivity contribution in [2.75, 3.05) is 7.11 Å². The van der Waals surface area contributed by atoms with Crippen LogP contribution in [0.15, 0.2) is 76.2 Å². The molecule has 0 fully saturated rings. The van der Waals surface area contributed by atoms with Crippen LogP contribution in [0.3, 0.4) is 0 Å². The molecule has 3 N–H and O–H groups in total. The number of Topliss-reactive ketones (excluding diaryl/α,β-unsaturated/α-hetero) is 1. The molecule has 1 aliphatic rings. The Balaban J connectivity index is 2.01. The number of rotatable bonds is 8. The number of carboxylic acids is 1. The van der Waals surface area contributed by atoms with Crippen LogP contribution in [-0.4, -0.2) is 40.0 Å². The lowest BCUT2D eigenvalue weighted by atomic mass is 9.80. The number of halogens is 1. The SMILES string of the molecule is C=C(/C=C\C=C(/C)C(=O)c1ccc(SC2=Nc3cc(Cl)c(OC)cc3C(C)(C)CC(=O)NN2)c([N+](=O)[O-])c1)C(=O)O. The summed E-state index contributed by atoms with van der Waals surface area (Å²) in [5.41, 5.74) is 5.55. The predicted molar refractivity (Wildman–Crippen MR) is 157 cm³/mol. The summed E-state index contributed by atoms with van der Waals surface area (Å²) in [4.78, 5) is 52.5. The average molecular weight is 599 g/mol. The number of ketones is 1. The molecular weight excluding hydrogens is 572 g/mol. The summed E-state index contributed by atoms with van der Waals surface area (Å²) in [5.74, 6) is -1.60. The molecule has 0 radical (unpaired) electrons. The molecule has 0 unspecified atom stereocenters. The molecule has 41 heavy (non-hydrogen) atoms. The van der Waals surface area contributed by atoms with E-state index < -0.39 is 22.1 Å². The Bertz CT molecular complexity index is 1550. The lowest BCUT2D eigenvalue weighted by Crippen LogP contribution is -2.41. The first-order valence-electron chi connectivity index (χ1n) is 12.0. The topological polar surface area (TPSA) is 160 Å². The van der Waals surface area contributed by atoms with E-state index in [1.807, 2.05) is 13.8 Å². The van der Waals surface area contributed by atoms with E-state index in [0.29, 0.717) is 22.0 Å². The minimum absolute atomic E-state index is 0.0592. The van der Waals surface area contributed by atoms with Gasteiger partial charge in [-0.05, 0) is 60.2 Å². The van der Waals surface area contributed by atoms with Crippen LogP contribution < -0.4 is 15.6 Å². The van der Waals surface area contributed by atoms with Gasteiger partial charge < -0.3 is 9.84 Å². The molecule has 1 heterocycles. The normalized spacial score (nSPS) is 14.9. The van der Waals surface area contributed by atoms with Gasteiger partial charge in [-0.25, -0.2) is 9.79 Å². The van der Waals surface area contributed by atoms with E-state index in [-0.39, 0.29) is 44.8 Å². The fourth-order valence-corrected chi connectivity index (χ4v) is 4.92. The number of nitro groups is 1. The van der Waals surface area contributed by atoms with Gasteiger partial charge in [0.05, 0.1) is 33.2 Å². The van der Waals surface area contributed by atoms with Gasteiger partial charge in [0.1, 0.15) is 5.75 Å². The van der Waals surface area contributed by atoms with E-state index in [0.717, 1.165) is 17.8 Å². The molecule has 1 aliphatic heterocycles. The molecule has 3 rings (SSSR count). The van der Waals surface area contributed by atoms with Crippen LogP contribution in [0.4, 0.5) is 11.4 Å². The highest BCUT2D eigenvalue weighted by Crippen LogP contribution is 2.42. The van der Waals surface area contributed by atoms with E-state index in [1.165, 1.54) is 44.4 Å². The predicted octanol–water partition coefficient (Wildman–Crippen LogP) is 5.66. The third-order valence-corrected chi connectivity index (χ3v) is 7.28. The zero-order chi connectivity index (χ0) is 30.5. The Hall–Kier alpha value is -4.42. The Kier molecular flexibility index (Phi) is 9.74. The minimum atomic E-state index is -1.20. The minimum Gasteiger partial charge on any atom is -0.495 e. The van der Waals surface area contributed by atoms with Crippen molar-refractivity contribution in [3.8, 4) is 5.75 Å². The molecule has 0 aromatic heterocycles. The number of fused-ring (bicyclic) bond motifs is 1. The lowest BCUT2D eigenvalue weighted by molar-refractivity contribution is -0.387. The van der Waals surface area contributed by atoms with E-state index in [9.17, 15) is 24.5 Å². The first-order valence-corrected chi connectivity index (χ1v) is 13.2. The van der Waals surface area contributed by atoms with Gasteiger partial charge in [0.2, 0.25) is 5.91 Å². The number of benzene rings is 2. The molecule has 0 atom stereocenters. The summed E-state index contributed by atoms with van der Waals surface area (Å²) < 4.78 is 5.35. The highest BCUT2D eigenvalue weighted by molar-refractivity contribution is 8.14. The molecule has 0 spiro atoms. The number of carboxylic acid groups (broad SMARTS) is 1. The van der Waals surface area contributed by atoms with Crippen molar-refractivity contribution < 1.29 is 29.2 Å². The zero-order valence-corrected chi connectivity index (χ0v) is 24.2. The fourth-order valence-electron chi connectivity index (χ4n) is 3.86. The number of nitrogens with one attached hydrogen (secondary N) is 2. The number of methoxy groups -OCH3 is 1. The summed E-state index contributed by atoms with van der Waals surface area (Å²) in [6, 6.07) is 7.31. The highest BCUT2D eigenvalue weighted by atomic mass is 35.5. The van der Waals surface area contributed by atoms with Gasteiger partial charge in [0.15, 0.2) is 11.0 Å². The molecule has 0 aliphatic carbocycles. The van der Waals surface area contributed by atoms with Crippen molar-refractivity contribution >= 4 is 57.6 Å². The maximum Gasteiger partial charge on any atom is 0.335 e. The molecule has 214 valence electrons. The third-order valence-electron chi connectivity index (χ3n) is 6.03. The van der Waals surface area contributed by atoms with Crippen LogP contribution in [0.2, 0.25) is 5.02 Å². The molecule has 1 amide bonds. The van der Waals surface area contributed by atoms with Crippen LogP contribution in [-0.2, 0) is 15.0 Å². The van der Waals surface area contributed by atoms with Gasteiger partial charge >= 0.3 is 5.97 Å². The molecule has 11 nitrogen and oxygen atoms in total. The van der Waals surface area contributed by atoms with E-state index in [4.69, 9.17) is 21.4 Å². The number of nitrogens with zero attached hydrogens (tertiary/aromatic N) is 2. The van der Waals surface area contributed by atoms with Crippen LogP contribution >= 0.6 is 23.4 Å². The number of hydrogen-bond donors (Lipinski definition) is 3. The maximum atomic E-state index is 12.9. The third kappa shape index (κ3) is 7.62. The monoisotopic (exact) mass is 598 g/mol. The Labute approximate surface area is 245 Å². The molecule has 2 aromatic carbocycles. The number of hydrazine groups is 1. The summed E-state index contributed by atoms with van der Waals surface area (Å²) in [6.07, 6.45) is 4.09. The Morgan fingerprint density at radius 1 is 1.27 bits per heavy atom. The summed E-state index contributed by atoms with van der Waals surface area (Å²) in [5, 5.41) is 21.3. The first kappa shape index (κ1) is 31.1. The van der Waals surface area contributed by atoms with E-state index >= 15 is 0 Å². The molecule has 0 saturated heterocycles. The highest BCUT2D eigenvalue weighted by Gasteiger charge is 2.30. The number of nitro benzene ring substituents is 1. The molecule has 0 bridgehead atoms. The van der Waals surface area contributed by atoms with Crippen molar-refractivity contribution in [3.63, 3.8) is 0 Å². The number of hydrogen-bond acceptors (Lipinski definition) is 9. The Morgan fingerprint density at radius 3 is 2.61 bits per heavy atom. The van der Waals surface area contributed by atoms with Crippen LogP contribution in [0.5, 0.6) is 5.75 Å². The maximum absolute atomic E-state index is 12.9. The van der Waals surface area contributed by atoms with Crippen molar-refractivity contribution in [2.45, 2.75) is 37.5 Å². The second kappa shape index (κ2) is 12.8. The van der Waals surface area contributed by atoms with Gasteiger partial charge in [-0.2, -0.15) is 0 Å². The number of carbonyl (C=O) groups excluding carboxylic acids is 2. The van der Waals surface area contributed by atoms with Crippen molar-refractivity contribution in [2.24, 2.45) is 4.99 Å². The number of aliphatic carboxylic acids is 1. The first-order chi connectivity index (χ1) is 19.2. The number of amidine groups is 1. The van der Waals surface area contributed by atoms with Crippen LogP contribution in [0.1, 0.15) is 43.1 Å². The summed E-state index contributed by atoms with van der Waals surface area (Å²) >= 11 is 7.25. The molecule has 2 aromatic rings. The van der Waals surface area contributed by atoms with Crippen molar-refractivity contribution in [3.05, 3.63) is 92.5 Å². The average Bonchev–Trinajstić information content (AvgIpc) is 2.94. The molecular formula is C28H27ClN4O7S. The standard InChI is InChI=1S/C28H27ClN4O7S/c1-15(7-6-8-16(2)26(36)37)25(35)17-9-10-23(21(11-17)33(38)39)41-27-30-20-13-19(29)22(40-5)12-18(20)28(3,4)14-24(34)31-32-27/h6-13H,2,14H2,1,3-5H3,(H,30,32)(H,31,34)(H,36,37)/b8-6-,15-7+. The lowest BCUT2D eigenvalue weighted by Gasteiger charge is -2.26. The van der Waals surface area contributed by atoms with Crippen LogP contribution in [0.25, 0.3) is 0 Å². The molecule has 0 saturated carbocycles. The number of aliphatic imine (C=N–C) groups is 1. The number of allylic oxidation sites excluding steroid dienone is 3. The number of thioether (sulfide) groups is 1. The smallest absolute Gasteiger partial charge is 0.335 e. The summed E-state index contributed by atoms with van der Waals surface area (Å²) in [7, 11) is 1.48. The van der Waals surface area contributed by atoms with E-state index in [1.54, 1.807) is 12.1 Å². The zero-order valence-electron chi connectivity index (χ0n) is 22.6. The van der Waals surface area contributed by atoms with Gasteiger partial charge in [-0.1, -0.05) is 44.2 Å². The van der Waals surface area contributed by atoms with Gasteiger partial charge in [-0.15, -0.1) is 0 Å². The quantitative estimate of drug-likeness (QED) is 0.114. The van der Waals surface area contributed by atoms with E-state index in [2.05, 4.69) is 22.4 Å². The largest absolute Gasteiger partial charge is 0.495 e. The number of ether oxygens (including phenoxy) is 1. The van der Waals surface area contributed by atoms with Crippen molar-refractivity contribution in [1.82, 2.24) is 10.9 Å². The van der Waals surface area contributed by atoms with Crippen LogP contribution in [0, 0.1) is 10.1 Å². The number of carbonyl (C=O) groups is 3. The molecule has 13 heteroatoms. The van der Waals surface area contributed by atoms with Crippen molar-refractivity contribution in [1.29, 1.82) is 0 Å².